The molecule has 1 aromatic rings. The van der Waals surface area contributed by atoms with Crippen molar-refractivity contribution in [2.45, 2.75) is 12.7 Å². The molecule has 5 heteroatoms. The number of hydrogen-bond acceptors (Lipinski definition) is 4. The Morgan fingerprint density at radius 1 is 1.18 bits per heavy atom. The van der Waals surface area contributed by atoms with Gasteiger partial charge >= 0.3 is 0 Å². The van der Waals surface area contributed by atoms with Crippen LogP contribution in [0.5, 0.6) is 0 Å². The molecule has 0 atom stereocenters. The van der Waals surface area contributed by atoms with Gasteiger partial charge in [-0.25, -0.2) is 4.39 Å². The zero-order chi connectivity index (χ0) is 12.8. The number of benzene rings is 1. The second kappa shape index (κ2) is 6.22. The van der Waals surface area contributed by atoms with Gasteiger partial charge in [-0.1, -0.05) is 0 Å². The topological polar surface area (TPSA) is 52.6 Å². The summed E-state index contributed by atoms with van der Waals surface area (Å²) in [7, 11) is 2.63. The number of rotatable bonds is 6. The summed E-state index contributed by atoms with van der Waals surface area (Å²) in [6.45, 7) is 0. The number of ether oxygens (including phenoxy) is 2. The predicted octanol–water partition coefficient (Wildman–Crippen LogP) is 1.59. The van der Waals surface area contributed by atoms with Crippen LogP contribution in [0.4, 0.5) is 4.39 Å². The zero-order valence-corrected chi connectivity index (χ0v) is 9.60. The summed E-state index contributed by atoms with van der Waals surface area (Å²) < 4.78 is 22.1. The van der Waals surface area contributed by atoms with Crippen molar-refractivity contribution in [3.8, 4) is 0 Å². The Morgan fingerprint density at radius 2 is 1.71 bits per heavy atom. The van der Waals surface area contributed by atoms with E-state index in [0.717, 1.165) is 0 Å². The molecule has 0 radical (unpaired) electrons. The average molecular weight is 240 g/mol. The van der Waals surface area contributed by atoms with Gasteiger partial charge in [-0.3, -0.25) is 9.59 Å². The van der Waals surface area contributed by atoms with E-state index in [2.05, 4.69) is 0 Å². The van der Waals surface area contributed by atoms with Gasteiger partial charge < -0.3 is 9.47 Å². The normalized spacial score (nSPS) is 10.6. The fourth-order valence-electron chi connectivity index (χ4n) is 1.34. The van der Waals surface area contributed by atoms with Crippen LogP contribution in [-0.2, 0) is 14.3 Å². The maximum absolute atomic E-state index is 12.6. The van der Waals surface area contributed by atoms with E-state index in [0.29, 0.717) is 0 Å². The third-order valence-corrected chi connectivity index (χ3v) is 2.19. The largest absolute Gasteiger partial charge is 0.349 e. The summed E-state index contributed by atoms with van der Waals surface area (Å²) in [5.41, 5.74) is 0.283. The lowest BCUT2D eigenvalue weighted by Crippen LogP contribution is -2.27. The van der Waals surface area contributed by atoms with Crippen LogP contribution in [0.25, 0.3) is 0 Å². The van der Waals surface area contributed by atoms with Crippen LogP contribution in [0.2, 0.25) is 0 Å². The van der Waals surface area contributed by atoms with E-state index < -0.39 is 23.7 Å². The van der Waals surface area contributed by atoms with E-state index >= 15 is 0 Å². The van der Waals surface area contributed by atoms with E-state index in [1.807, 2.05) is 0 Å². The van der Waals surface area contributed by atoms with Crippen molar-refractivity contribution in [3.05, 3.63) is 35.6 Å². The first-order valence-electron chi connectivity index (χ1n) is 4.95. The number of carbonyl (C=O) groups excluding carboxylic acids is 2. The highest BCUT2D eigenvalue weighted by atomic mass is 19.1. The van der Waals surface area contributed by atoms with E-state index in [9.17, 15) is 14.0 Å². The second-order valence-corrected chi connectivity index (χ2v) is 3.38. The molecule has 1 aromatic carbocycles. The van der Waals surface area contributed by atoms with Crippen molar-refractivity contribution in [2.24, 2.45) is 0 Å². The lowest BCUT2D eigenvalue weighted by atomic mass is 10.1. The summed E-state index contributed by atoms with van der Waals surface area (Å²) in [5.74, 6) is -1.29. The molecule has 0 saturated carbocycles. The highest BCUT2D eigenvalue weighted by Gasteiger charge is 2.20. The summed E-state index contributed by atoms with van der Waals surface area (Å²) in [6.07, 6.45) is -1.38. The van der Waals surface area contributed by atoms with Gasteiger partial charge in [-0.05, 0) is 24.3 Å². The molecule has 0 aliphatic rings. The molecule has 4 nitrogen and oxygen atoms in total. The molecule has 0 fully saturated rings. The van der Waals surface area contributed by atoms with E-state index in [1.165, 1.54) is 38.5 Å². The molecule has 0 heterocycles. The quantitative estimate of drug-likeness (QED) is 0.430. The SMILES string of the molecule is COC(OC)C(=O)CC(=O)c1ccc(F)cc1. The van der Waals surface area contributed by atoms with Crippen LogP contribution in [-0.4, -0.2) is 32.1 Å². The van der Waals surface area contributed by atoms with Gasteiger partial charge in [0.05, 0.1) is 6.42 Å². The highest BCUT2D eigenvalue weighted by Crippen LogP contribution is 2.08. The van der Waals surface area contributed by atoms with Crippen molar-refractivity contribution in [1.29, 1.82) is 0 Å². The van der Waals surface area contributed by atoms with Crippen molar-refractivity contribution in [2.75, 3.05) is 14.2 Å². The van der Waals surface area contributed by atoms with Crippen molar-refractivity contribution in [3.63, 3.8) is 0 Å². The Kier molecular flexibility index (Phi) is 4.93. The summed E-state index contributed by atoms with van der Waals surface area (Å²) in [5, 5.41) is 0. The zero-order valence-electron chi connectivity index (χ0n) is 9.60. The number of hydrogen-bond donors (Lipinski definition) is 0. The molecular weight excluding hydrogens is 227 g/mol. The van der Waals surface area contributed by atoms with E-state index in [1.54, 1.807) is 0 Å². The first-order valence-corrected chi connectivity index (χ1v) is 4.95. The molecule has 92 valence electrons. The van der Waals surface area contributed by atoms with Crippen LogP contribution < -0.4 is 0 Å². The number of Topliss-reactive ketones (excluding diaryl/α,β-unsaturated/α-hetero) is 2. The Balaban J connectivity index is 2.66. The Bertz CT molecular complexity index is 395. The molecule has 0 amide bonds. The molecule has 0 N–H and O–H groups in total. The standard InChI is InChI=1S/C12H13FO4/c1-16-12(17-2)11(15)7-10(14)8-3-5-9(13)6-4-8/h3-6,12H,7H2,1-2H3. The van der Waals surface area contributed by atoms with E-state index in [4.69, 9.17) is 9.47 Å². The summed E-state index contributed by atoms with van der Waals surface area (Å²) in [6, 6.07) is 5.00. The lowest BCUT2D eigenvalue weighted by molar-refractivity contribution is -0.155. The molecule has 0 aliphatic carbocycles. The van der Waals surface area contributed by atoms with Crippen LogP contribution >= 0.6 is 0 Å². The second-order valence-electron chi connectivity index (χ2n) is 3.38. The molecular formula is C12H13FO4. The van der Waals surface area contributed by atoms with Crippen LogP contribution in [0.3, 0.4) is 0 Å². The molecule has 0 spiro atoms. The Labute approximate surface area is 98.3 Å². The minimum Gasteiger partial charge on any atom is -0.349 e. The third-order valence-electron chi connectivity index (χ3n) is 2.19. The maximum Gasteiger partial charge on any atom is 0.217 e. The number of halogens is 1. The van der Waals surface area contributed by atoms with Gasteiger partial charge in [-0.15, -0.1) is 0 Å². The van der Waals surface area contributed by atoms with Gasteiger partial charge in [0.1, 0.15) is 5.82 Å². The maximum atomic E-state index is 12.6. The molecule has 0 bridgehead atoms. The molecule has 1 rings (SSSR count). The van der Waals surface area contributed by atoms with Crippen molar-refractivity contribution >= 4 is 11.6 Å². The van der Waals surface area contributed by atoms with Gasteiger partial charge in [0.15, 0.2) is 11.6 Å². The van der Waals surface area contributed by atoms with Crippen molar-refractivity contribution < 1.29 is 23.5 Å². The predicted molar refractivity (Wildman–Crippen MR) is 58.2 cm³/mol. The smallest absolute Gasteiger partial charge is 0.217 e. The van der Waals surface area contributed by atoms with Crippen LogP contribution in [0.15, 0.2) is 24.3 Å². The molecule has 0 aliphatic heterocycles. The lowest BCUT2D eigenvalue weighted by Gasteiger charge is -2.11. The number of methoxy groups -OCH3 is 2. The van der Waals surface area contributed by atoms with Gasteiger partial charge in [-0.2, -0.15) is 0 Å². The molecule has 0 aromatic heterocycles. The van der Waals surface area contributed by atoms with Crippen LogP contribution in [0, 0.1) is 5.82 Å². The molecule has 0 saturated heterocycles. The minimum absolute atomic E-state index is 0.283. The summed E-state index contributed by atoms with van der Waals surface area (Å²) >= 11 is 0. The summed E-state index contributed by atoms with van der Waals surface area (Å²) in [4.78, 5) is 23.2. The molecule has 0 unspecified atom stereocenters. The van der Waals surface area contributed by atoms with Gasteiger partial charge in [0.25, 0.3) is 0 Å². The Morgan fingerprint density at radius 3 is 2.18 bits per heavy atom. The van der Waals surface area contributed by atoms with Gasteiger partial charge in [0.2, 0.25) is 6.29 Å². The molecule has 17 heavy (non-hydrogen) atoms. The van der Waals surface area contributed by atoms with Crippen LogP contribution in [0.1, 0.15) is 16.8 Å². The number of ketones is 2. The Hall–Kier alpha value is -1.59. The van der Waals surface area contributed by atoms with Crippen molar-refractivity contribution in [1.82, 2.24) is 0 Å². The highest BCUT2D eigenvalue weighted by molar-refractivity contribution is 6.08. The van der Waals surface area contributed by atoms with E-state index in [-0.39, 0.29) is 12.0 Å². The third kappa shape index (κ3) is 3.72. The number of carbonyl (C=O) groups is 2. The first-order chi connectivity index (χ1) is 8.08. The fraction of sp³-hybridized carbons (Fsp3) is 0.333. The minimum atomic E-state index is -1.04. The average Bonchev–Trinajstić information content (AvgIpc) is 2.31. The monoisotopic (exact) mass is 240 g/mol. The first kappa shape index (κ1) is 13.5. The fourth-order valence-corrected chi connectivity index (χ4v) is 1.34. The van der Waals surface area contributed by atoms with Gasteiger partial charge in [0, 0.05) is 19.8 Å².